The van der Waals surface area contributed by atoms with Gasteiger partial charge in [-0.3, -0.25) is 19.9 Å². The van der Waals surface area contributed by atoms with E-state index in [4.69, 9.17) is 9.97 Å². The number of nitrogens with zero attached hydrogens (tertiary/aromatic N) is 5. The summed E-state index contributed by atoms with van der Waals surface area (Å²) < 4.78 is 2.35. The lowest BCUT2D eigenvalue weighted by molar-refractivity contribution is 1.00. The van der Waals surface area contributed by atoms with Crippen molar-refractivity contribution in [3.8, 4) is 61.7 Å². The van der Waals surface area contributed by atoms with Crippen molar-refractivity contribution < 1.29 is 0 Å². The highest BCUT2D eigenvalue weighted by molar-refractivity contribution is 6.08. The number of aromatic nitrogens is 5. The normalized spacial score (nSPS) is 13.2. The summed E-state index contributed by atoms with van der Waals surface area (Å²) in [6.45, 7) is 0. The van der Waals surface area contributed by atoms with Gasteiger partial charge in [0.25, 0.3) is 0 Å². The zero-order valence-electron chi connectivity index (χ0n) is 30.3. The van der Waals surface area contributed by atoms with Crippen molar-refractivity contribution in [2.24, 2.45) is 0 Å². The number of fused-ring (bicyclic) bond motifs is 6. The second-order valence-electron chi connectivity index (χ2n) is 14.2. The van der Waals surface area contributed by atoms with E-state index in [1.54, 1.807) is 0 Å². The Bertz CT molecular complexity index is 3090. The fourth-order valence-corrected chi connectivity index (χ4v) is 8.67. The summed E-state index contributed by atoms with van der Waals surface area (Å²) in [5.41, 5.74) is 18.9. The summed E-state index contributed by atoms with van der Waals surface area (Å²) in [4.78, 5) is 19.3. The minimum Gasteiger partial charge on any atom is -0.308 e. The van der Waals surface area contributed by atoms with E-state index in [0.717, 1.165) is 78.1 Å². The third-order valence-electron chi connectivity index (χ3n) is 11.1. The molecule has 0 bridgehead atoms. The first-order valence-electron chi connectivity index (χ1n) is 18.9. The molecule has 1 atom stereocenters. The Balaban J connectivity index is 1.03. The highest BCUT2D eigenvalue weighted by Crippen LogP contribution is 2.49. The van der Waals surface area contributed by atoms with E-state index in [0.29, 0.717) is 0 Å². The van der Waals surface area contributed by atoms with Gasteiger partial charge in [0, 0.05) is 58.5 Å². The Hall–Kier alpha value is -7.50. The quantitative estimate of drug-likeness (QED) is 0.172. The van der Waals surface area contributed by atoms with Crippen molar-refractivity contribution in [3.05, 3.63) is 211 Å². The number of hydrogen-bond acceptors (Lipinski definition) is 4. The minimum atomic E-state index is 0.0367. The Morgan fingerprint density at radius 3 is 1.77 bits per heavy atom. The first-order chi connectivity index (χ1) is 27.8. The zero-order chi connectivity index (χ0) is 37.0. The Morgan fingerprint density at radius 2 is 1.04 bits per heavy atom. The molecule has 5 aromatic heterocycles. The van der Waals surface area contributed by atoms with Crippen molar-refractivity contribution in [1.29, 1.82) is 0 Å². The van der Waals surface area contributed by atoms with Crippen LogP contribution in [0.4, 0.5) is 0 Å². The molecule has 0 saturated carbocycles. The molecule has 11 rings (SSSR count). The first-order valence-corrected chi connectivity index (χ1v) is 18.9. The highest BCUT2D eigenvalue weighted by atomic mass is 15.0. The van der Waals surface area contributed by atoms with E-state index in [1.807, 2.05) is 55.1 Å². The molecule has 56 heavy (non-hydrogen) atoms. The van der Waals surface area contributed by atoms with Crippen molar-refractivity contribution in [1.82, 2.24) is 24.5 Å². The summed E-state index contributed by atoms with van der Waals surface area (Å²) >= 11 is 0. The maximum atomic E-state index is 4.97. The summed E-state index contributed by atoms with van der Waals surface area (Å²) in [6.07, 6.45) is 7.50. The molecule has 5 aromatic carbocycles. The largest absolute Gasteiger partial charge is 0.308 e. The van der Waals surface area contributed by atoms with Crippen LogP contribution in [0, 0.1) is 0 Å². The molecule has 0 radical (unpaired) electrons. The minimum absolute atomic E-state index is 0.0367. The molecule has 5 nitrogen and oxygen atoms in total. The summed E-state index contributed by atoms with van der Waals surface area (Å²) in [6, 6.07) is 60.2. The SMILES string of the molecule is c1ccc(-c2ccccc2-c2ccc3c(c2)-c2ncccc2C3c2cccc(-n3c4ccc(-c5ccccc5-c5ccccn5)cc4c4ncccc43)c2)nc1. The molecule has 1 aliphatic rings. The van der Waals surface area contributed by atoms with Gasteiger partial charge in [0.15, 0.2) is 0 Å². The third-order valence-corrected chi connectivity index (χ3v) is 11.1. The van der Waals surface area contributed by atoms with Gasteiger partial charge in [0.05, 0.1) is 33.6 Å². The number of benzene rings is 5. The second kappa shape index (κ2) is 13.1. The standard InChI is InChI=1S/C51H33N5/c1-3-16-39(45-19-5-7-26-52-45)37(14-1)33-22-24-41-43(31-33)50-42(18-10-28-54-50)49(41)35-12-9-13-36(30-35)56-47-25-23-34(32-44(47)51-48(56)21-11-29-55-51)38-15-2-4-17-40(38)46-20-6-8-27-53-46/h1-32,49H. The van der Waals surface area contributed by atoms with Crippen LogP contribution in [-0.2, 0) is 0 Å². The maximum Gasteiger partial charge on any atom is 0.0963 e. The predicted molar refractivity (Wildman–Crippen MR) is 227 cm³/mol. The lowest BCUT2D eigenvalue weighted by Crippen LogP contribution is -2.02. The van der Waals surface area contributed by atoms with E-state index in [2.05, 4.69) is 154 Å². The first kappa shape index (κ1) is 32.0. The van der Waals surface area contributed by atoms with Gasteiger partial charge in [0.2, 0.25) is 0 Å². The van der Waals surface area contributed by atoms with E-state index < -0.39 is 0 Å². The van der Waals surface area contributed by atoms with Gasteiger partial charge in [-0.2, -0.15) is 0 Å². The van der Waals surface area contributed by atoms with Crippen LogP contribution < -0.4 is 0 Å². The Kier molecular flexibility index (Phi) is 7.49. The molecule has 0 saturated heterocycles. The van der Waals surface area contributed by atoms with Gasteiger partial charge in [-0.1, -0.05) is 97.1 Å². The van der Waals surface area contributed by atoms with Crippen LogP contribution in [0.5, 0.6) is 0 Å². The highest BCUT2D eigenvalue weighted by Gasteiger charge is 2.32. The molecule has 262 valence electrons. The lowest BCUT2D eigenvalue weighted by atomic mass is 9.88. The van der Waals surface area contributed by atoms with Crippen LogP contribution in [0.1, 0.15) is 22.6 Å². The molecule has 0 aliphatic heterocycles. The van der Waals surface area contributed by atoms with Crippen LogP contribution >= 0.6 is 0 Å². The van der Waals surface area contributed by atoms with E-state index in [-0.39, 0.29) is 5.92 Å². The fraction of sp³-hybridized carbons (Fsp3) is 0.0196. The molecule has 1 unspecified atom stereocenters. The van der Waals surface area contributed by atoms with Gasteiger partial charge < -0.3 is 4.57 Å². The Labute approximate surface area is 324 Å². The molecular formula is C51H33N5. The topological polar surface area (TPSA) is 56.5 Å². The molecule has 1 aliphatic carbocycles. The lowest BCUT2D eigenvalue weighted by Gasteiger charge is -2.17. The molecule has 0 fully saturated rings. The van der Waals surface area contributed by atoms with Crippen molar-refractivity contribution in [2.45, 2.75) is 5.92 Å². The Morgan fingerprint density at radius 1 is 0.393 bits per heavy atom. The summed E-state index contributed by atoms with van der Waals surface area (Å²) in [5, 5.41) is 1.11. The molecule has 0 spiro atoms. The van der Waals surface area contributed by atoms with Crippen molar-refractivity contribution in [3.63, 3.8) is 0 Å². The van der Waals surface area contributed by atoms with Gasteiger partial charge in [-0.25, -0.2) is 0 Å². The van der Waals surface area contributed by atoms with E-state index >= 15 is 0 Å². The van der Waals surface area contributed by atoms with Crippen LogP contribution in [0.25, 0.3) is 83.6 Å². The third kappa shape index (κ3) is 5.17. The van der Waals surface area contributed by atoms with Crippen LogP contribution in [0.3, 0.4) is 0 Å². The van der Waals surface area contributed by atoms with E-state index in [1.165, 1.54) is 22.3 Å². The second-order valence-corrected chi connectivity index (χ2v) is 14.2. The molecule has 0 amide bonds. The monoisotopic (exact) mass is 715 g/mol. The summed E-state index contributed by atoms with van der Waals surface area (Å²) in [5.74, 6) is 0.0367. The molecule has 10 aromatic rings. The average Bonchev–Trinajstić information content (AvgIpc) is 3.79. The van der Waals surface area contributed by atoms with Gasteiger partial charge in [0.1, 0.15) is 0 Å². The van der Waals surface area contributed by atoms with Crippen LogP contribution in [-0.4, -0.2) is 24.5 Å². The van der Waals surface area contributed by atoms with Gasteiger partial charge >= 0.3 is 0 Å². The van der Waals surface area contributed by atoms with Crippen LogP contribution in [0.2, 0.25) is 0 Å². The summed E-state index contributed by atoms with van der Waals surface area (Å²) in [7, 11) is 0. The molecular weight excluding hydrogens is 683 g/mol. The van der Waals surface area contributed by atoms with Gasteiger partial charge in [-0.05, 0) is 112 Å². The molecule has 5 heteroatoms. The van der Waals surface area contributed by atoms with Crippen molar-refractivity contribution >= 4 is 21.9 Å². The van der Waals surface area contributed by atoms with Crippen molar-refractivity contribution in [2.75, 3.05) is 0 Å². The number of rotatable bonds is 6. The number of pyridine rings is 4. The van der Waals surface area contributed by atoms with E-state index in [9.17, 15) is 0 Å². The number of hydrogen-bond donors (Lipinski definition) is 0. The fourth-order valence-electron chi connectivity index (χ4n) is 8.67. The smallest absolute Gasteiger partial charge is 0.0963 e. The molecule has 5 heterocycles. The maximum absolute atomic E-state index is 4.97. The molecule has 0 N–H and O–H groups in total. The predicted octanol–water partition coefficient (Wildman–Crippen LogP) is 12.2. The van der Waals surface area contributed by atoms with Crippen LogP contribution in [0.15, 0.2) is 195 Å². The van der Waals surface area contributed by atoms with Gasteiger partial charge in [-0.15, -0.1) is 0 Å². The zero-order valence-corrected chi connectivity index (χ0v) is 30.3. The average molecular weight is 716 g/mol.